The van der Waals surface area contributed by atoms with E-state index in [1.165, 1.54) is 11.3 Å². The van der Waals surface area contributed by atoms with Gasteiger partial charge in [-0.1, -0.05) is 39.0 Å². The molecule has 1 atom stereocenters. The van der Waals surface area contributed by atoms with E-state index in [9.17, 15) is 5.11 Å². The summed E-state index contributed by atoms with van der Waals surface area (Å²) in [6.45, 7) is 13.8. The van der Waals surface area contributed by atoms with Crippen LogP contribution in [-0.4, -0.2) is 55.4 Å². The summed E-state index contributed by atoms with van der Waals surface area (Å²) in [7, 11) is 0. The van der Waals surface area contributed by atoms with Crippen molar-refractivity contribution in [3.63, 3.8) is 0 Å². The quantitative estimate of drug-likeness (QED) is 0.721. The van der Waals surface area contributed by atoms with Crippen molar-refractivity contribution in [2.24, 2.45) is 5.92 Å². The smallest absolute Gasteiger partial charge is 0.0575 e. The molecular weight excluding hydrogens is 286 g/mol. The second-order valence-corrected chi connectivity index (χ2v) is 6.83. The second-order valence-electron chi connectivity index (χ2n) is 6.83. The van der Waals surface area contributed by atoms with E-state index in [-0.39, 0.29) is 6.10 Å². The summed E-state index contributed by atoms with van der Waals surface area (Å²) < 4.78 is 0. The fourth-order valence-corrected chi connectivity index (χ4v) is 3.08. The van der Waals surface area contributed by atoms with E-state index in [0.717, 1.165) is 52.2 Å². The first-order valence-corrected chi connectivity index (χ1v) is 9.05. The first-order valence-electron chi connectivity index (χ1n) is 9.05. The Morgan fingerprint density at radius 2 is 1.83 bits per heavy atom. The van der Waals surface area contributed by atoms with Crippen molar-refractivity contribution in [1.29, 1.82) is 0 Å². The average Bonchev–Trinajstić information content (AvgIpc) is 2.59. The third-order valence-corrected chi connectivity index (χ3v) is 4.85. The third kappa shape index (κ3) is 5.48. The summed E-state index contributed by atoms with van der Waals surface area (Å²) in [6, 6.07) is 8.70. The van der Waals surface area contributed by atoms with Crippen molar-refractivity contribution in [3.8, 4) is 0 Å². The number of hydrogen-bond acceptors (Lipinski definition) is 4. The van der Waals surface area contributed by atoms with Crippen molar-refractivity contribution < 1.29 is 5.11 Å². The molecule has 1 unspecified atom stereocenters. The van der Waals surface area contributed by atoms with Gasteiger partial charge < -0.3 is 20.2 Å². The molecule has 1 aliphatic rings. The summed E-state index contributed by atoms with van der Waals surface area (Å²) in [5.74, 6) is 0.332. The number of piperazine rings is 1. The Labute approximate surface area is 141 Å². The maximum absolute atomic E-state index is 9.88. The van der Waals surface area contributed by atoms with Crippen LogP contribution in [0.1, 0.15) is 32.8 Å². The lowest BCUT2D eigenvalue weighted by Crippen LogP contribution is -2.46. The molecule has 0 spiro atoms. The van der Waals surface area contributed by atoms with Crippen LogP contribution in [-0.2, 0) is 6.54 Å². The van der Waals surface area contributed by atoms with Gasteiger partial charge in [0, 0.05) is 38.4 Å². The molecule has 0 saturated carbocycles. The van der Waals surface area contributed by atoms with Gasteiger partial charge in [0.25, 0.3) is 0 Å². The first kappa shape index (κ1) is 18.2. The van der Waals surface area contributed by atoms with Crippen LogP contribution in [0.5, 0.6) is 0 Å². The minimum Gasteiger partial charge on any atom is -0.393 e. The van der Waals surface area contributed by atoms with Crippen LogP contribution in [0.2, 0.25) is 0 Å². The molecule has 1 aromatic carbocycles. The highest BCUT2D eigenvalue weighted by atomic mass is 16.3. The van der Waals surface area contributed by atoms with Crippen LogP contribution in [0, 0.1) is 5.92 Å². The highest BCUT2D eigenvalue weighted by Gasteiger charge is 2.17. The molecule has 23 heavy (non-hydrogen) atoms. The van der Waals surface area contributed by atoms with Crippen LogP contribution in [0.4, 0.5) is 5.69 Å². The Morgan fingerprint density at radius 3 is 2.48 bits per heavy atom. The van der Waals surface area contributed by atoms with E-state index in [0.29, 0.717) is 5.92 Å². The van der Waals surface area contributed by atoms with Gasteiger partial charge in [0.1, 0.15) is 0 Å². The molecule has 4 heteroatoms. The van der Waals surface area contributed by atoms with Crippen LogP contribution in [0.3, 0.4) is 0 Å². The number of para-hydroxylation sites is 1. The highest BCUT2D eigenvalue weighted by molar-refractivity contribution is 5.54. The largest absolute Gasteiger partial charge is 0.393 e. The number of benzene rings is 1. The zero-order valence-corrected chi connectivity index (χ0v) is 15.0. The van der Waals surface area contributed by atoms with Gasteiger partial charge in [-0.05, 0) is 37.1 Å². The van der Waals surface area contributed by atoms with Gasteiger partial charge in [-0.3, -0.25) is 0 Å². The predicted octanol–water partition coefficient (Wildman–Crippen LogP) is 2.33. The molecule has 1 saturated heterocycles. The van der Waals surface area contributed by atoms with Crippen molar-refractivity contribution >= 4 is 5.69 Å². The third-order valence-electron chi connectivity index (χ3n) is 4.85. The average molecular weight is 319 g/mol. The Hall–Kier alpha value is -1.10. The number of likely N-dealkylation sites (N-methyl/N-ethyl adjacent to an activating group) is 1. The van der Waals surface area contributed by atoms with Crippen LogP contribution in [0.25, 0.3) is 0 Å². The monoisotopic (exact) mass is 319 g/mol. The number of aliphatic hydroxyl groups is 1. The van der Waals surface area contributed by atoms with Crippen molar-refractivity contribution in [1.82, 2.24) is 10.2 Å². The van der Waals surface area contributed by atoms with Gasteiger partial charge in [-0.25, -0.2) is 0 Å². The molecule has 0 amide bonds. The number of nitrogens with zero attached hydrogens (tertiary/aromatic N) is 2. The molecule has 0 radical (unpaired) electrons. The van der Waals surface area contributed by atoms with Gasteiger partial charge in [0.05, 0.1) is 6.10 Å². The summed E-state index contributed by atoms with van der Waals surface area (Å²) >= 11 is 0. The second kappa shape index (κ2) is 9.26. The van der Waals surface area contributed by atoms with E-state index >= 15 is 0 Å². The minimum absolute atomic E-state index is 0.208. The van der Waals surface area contributed by atoms with Gasteiger partial charge in [-0.15, -0.1) is 0 Å². The van der Waals surface area contributed by atoms with E-state index in [1.54, 1.807) is 0 Å². The topological polar surface area (TPSA) is 38.7 Å². The highest BCUT2D eigenvalue weighted by Crippen LogP contribution is 2.21. The molecule has 2 rings (SSSR count). The Bertz CT molecular complexity index is 456. The number of anilines is 1. The number of aliphatic hydroxyl groups excluding tert-OH is 1. The maximum Gasteiger partial charge on any atom is 0.0575 e. The molecule has 4 nitrogen and oxygen atoms in total. The molecular formula is C19H33N3O. The normalized spacial score (nSPS) is 17.7. The molecule has 1 fully saturated rings. The Balaban J connectivity index is 1.86. The van der Waals surface area contributed by atoms with E-state index < -0.39 is 0 Å². The fraction of sp³-hybridized carbons (Fsp3) is 0.684. The molecule has 0 aromatic heterocycles. The van der Waals surface area contributed by atoms with E-state index in [2.05, 4.69) is 60.2 Å². The molecule has 1 aromatic rings. The minimum atomic E-state index is -0.208. The summed E-state index contributed by atoms with van der Waals surface area (Å²) in [6.07, 6.45) is 0.606. The zero-order valence-electron chi connectivity index (χ0n) is 15.0. The SMILES string of the molecule is CCN1CCN(c2ccccc2CNCCC(O)C(C)C)CC1. The Morgan fingerprint density at radius 1 is 1.13 bits per heavy atom. The van der Waals surface area contributed by atoms with Crippen LogP contribution >= 0.6 is 0 Å². The van der Waals surface area contributed by atoms with Gasteiger partial charge in [-0.2, -0.15) is 0 Å². The molecule has 0 aliphatic carbocycles. The summed E-state index contributed by atoms with van der Waals surface area (Å²) in [5, 5.41) is 13.4. The number of hydrogen-bond donors (Lipinski definition) is 2. The van der Waals surface area contributed by atoms with E-state index in [1.807, 2.05) is 0 Å². The molecule has 130 valence electrons. The number of rotatable bonds is 8. The molecule has 1 heterocycles. The Kier molecular flexibility index (Phi) is 7.34. The van der Waals surface area contributed by atoms with E-state index in [4.69, 9.17) is 0 Å². The van der Waals surface area contributed by atoms with Gasteiger partial charge in [0.2, 0.25) is 0 Å². The summed E-state index contributed by atoms with van der Waals surface area (Å²) in [5.41, 5.74) is 2.72. The molecule has 2 N–H and O–H groups in total. The van der Waals surface area contributed by atoms with Crippen LogP contribution in [0.15, 0.2) is 24.3 Å². The predicted molar refractivity (Wildman–Crippen MR) is 97.9 cm³/mol. The lowest BCUT2D eigenvalue weighted by Gasteiger charge is -2.36. The van der Waals surface area contributed by atoms with Crippen molar-refractivity contribution in [3.05, 3.63) is 29.8 Å². The first-order chi connectivity index (χ1) is 11.1. The van der Waals surface area contributed by atoms with Gasteiger partial charge in [0.15, 0.2) is 0 Å². The van der Waals surface area contributed by atoms with Gasteiger partial charge >= 0.3 is 0 Å². The van der Waals surface area contributed by atoms with Crippen LogP contribution < -0.4 is 10.2 Å². The lowest BCUT2D eigenvalue weighted by molar-refractivity contribution is 0.116. The zero-order chi connectivity index (χ0) is 16.7. The maximum atomic E-state index is 9.88. The number of nitrogens with one attached hydrogen (secondary N) is 1. The fourth-order valence-electron chi connectivity index (χ4n) is 3.08. The molecule has 1 aliphatic heterocycles. The molecule has 0 bridgehead atoms. The van der Waals surface area contributed by atoms with Crippen molar-refractivity contribution in [2.75, 3.05) is 44.2 Å². The lowest BCUT2D eigenvalue weighted by atomic mass is 10.0. The summed E-state index contributed by atoms with van der Waals surface area (Å²) in [4.78, 5) is 5.01. The standard InChI is InChI=1S/C19H33N3O/c1-4-21-11-13-22(14-12-21)18-8-6-5-7-17(18)15-20-10-9-19(23)16(2)3/h5-8,16,19-20,23H,4,9-15H2,1-3H3. The van der Waals surface area contributed by atoms with Crippen molar-refractivity contribution in [2.45, 2.75) is 39.8 Å².